The highest BCUT2D eigenvalue weighted by atomic mass is 32.2. The fourth-order valence-corrected chi connectivity index (χ4v) is 4.27. The van der Waals surface area contributed by atoms with Crippen molar-refractivity contribution in [3.63, 3.8) is 0 Å². The molecule has 34 heavy (non-hydrogen) atoms. The number of anilines is 1. The Labute approximate surface area is 205 Å². The number of nitrogens with zero attached hydrogens (tertiary/aromatic N) is 4. The Hall–Kier alpha value is -3.03. The zero-order valence-corrected chi connectivity index (χ0v) is 20.6. The van der Waals surface area contributed by atoms with E-state index in [2.05, 4.69) is 51.7 Å². The smallest absolute Gasteiger partial charge is 0.116 e. The molecule has 1 saturated heterocycles. The van der Waals surface area contributed by atoms with E-state index in [1.54, 1.807) is 18.3 Å². The normalized spacial score (nSPS) is 13.8. The number of ether oxygens (including phenoxy) is 1. The number of hydrogen-bond acceptors (Lipinski definition) is 7. The molecule has 6 nitrogen and oxygen atoms in total. The minimum Gasteiger partial charge on any atom is -0.381 e. The van der Waals surface area contributed by atoms with Crippen molar-refractivity contribution >= 4 is 28.7 Å². The Kier molecular flexibility index (Phi) is 8.82. The quantitative estimate of drug-likeness (QED) is 0.317. The van der Waals surface area contributed by atoms with Gasteiger partial charge in [-0.1, -0.05) is 38.5 Å². The van der Waals surface area contributed by atoms with E-state index < -0.39 is 0 Å². The number of hydrogen-bond donors (Lipinski definition) is 1. The lowest BCUT2D eigenvalue weighted by molar-refractivity contribution is 0.0716. The highest BCUT2D eigenvalue weighted by Crippen LogP contribution is 2.26. The van der Waals surface area contributed by atoms with Gasteiger partial charge in [-0.2, -0.15) is 0 Å². The Bertz CT molecular complexity index is 1180. The average molecular weight is 474 g/mol. The summed E-state index contributed by atoms with van der Waals surface area (Å²) in [6, 6.07) is 16.2. The standard InChI is InChI=1S/C21H19N5S.C6H12O/c1-2-6-19-21-20(24-14-23-19)10-9-18(25-21)15-11-16(13-22-12-15)26-27-17-7-4-3-5-8-17;1-6-2-4-7-5-3-6/h3-5,7-14,26H,2,6H2,1H3;6H,2-5H2,1H3. The molecule has 0 amide bonds. The van der Waals surface area contributed by atoms with Crippen LogP contribution in [-0.4, -0.2) is 33.1 Å². The van der Waals surface area contributed by atoms with Gasteiger partial charge in [0.25, 0.3) is 0 Å². The lowest BCUT2D eigenvalue weighted by Gasteiger charge is -2.16. The van der Waals surface area contributed by atoms with Gasteiger partial charge in [0.15, 0.2) is 0 Å². The van der Waals surface area contributed by atoms with Crippen LogP contribution in [0.2, 0.25) is 0 Å². The summed E-state index contributed by atoms with van der Waals surface area (Å²) < 4.78 is 8.48. The zero-order chi connectivity index (χ0) is 23.6. The summed E-state index contributed by atoms with van der Waals surface area (Å²) in [4.78, 5) is 19.1. The highest BCUT2D eigenvalue weighted by molar-refractivity contribution is 8.00. The second kappa shape index (κ2) is 12.4. The van der Waals surface area contributed by atoms with Gasteiger partial charge < -0.3 is 9.46 Å². The van der Waals surface area contributed by atoms with Crippen LogP contribution in [0.25, 0.3) is 22.3 Å². The van der Waals surface area contributed by atoms with Gasteiger partial charge in [-0.05, 0) is 67.5 Å². The van der Waals surface area contributed by atoms with E-state index in [0.29, 0.717) is 0 Å². The number of pyridine rings is 2. The summed E-state index contributed by atoms with van der Waals surface area (Å²) in [6.07, 6.45) is 9.70. The Balaban J connectivity index is 0.000000336. The summed E-state index contributed by atoms with van der Waals surface area (Å²) in [5.74, 6) is 0.911. The molecule has 1 aliphatic rings. The Morgan fingerprint density at radius 3 is 2.59 bits per heavy atom. The molecule has 1 N–H and O–H groups in total. The van der Waals surface area contributed by atoms with Crippen molar-refractivity contribution in [2.24, 2.45) is 5.92 Å². The number of benzene rings is 1. The Morgan fingerprint density at radius 1 is 1.03 bits per heavy atom. The largest absolute Gasteiger partial charge is 0.381 e. The Morgan fingerprint density at radius 2 is 1.85 bits per heavy atom. The number of aryl methyl sites for hydroxylation is 1. The SMILES string of the molecule is CC1CCOCC1.CCCc1ncnc2ccc(-c3cncc(NSc4ccccc4)c3)nc12. The summed E-state index contributed by atoms with van der Waals surface area (Å²) >= 11 is 1.56. The monoisotopic (exact) mass is 473 g/mol. The minimum absolute atomic E-state index is 0.869. The van der Waals surface area contributed by atoms with Gasteiger partial charge >= 0.3 is 0 Å². The summed E-state index contributed by atoms with van der Waals surface area (Å²) in [7, 11) is 0. The molecule has 4 heterocycles. The van der Waals surface area contributed by atoms with Gasteiger partial charge in [-0.3, -0.25) is 4.98 Å². The molecule has 1 fully saturated rings. The maximum atomic E-state index is 5.14. The summed E-state index contributed by atoms with van der Waals surface area (Å²) in [5, 5.41) is 0. The van der Waals surface area contributed by atoms with Crippen molar-refractivity contribution in [3.05, 3.63) is 72.9 Å². The van der Waals surface area contributed by atoms with Gasteiger partial charge in [-0.15, -0.1) is 0 Å². The van der Waals surface area contributed by atoms with Gasteiger partial charge in [-0.25, -0.2) is 15.0 Å². The number of nitrogens with one attached hydrogen (secondary N) is 1. The summed E-state index contributed by atoms with van der Waals surface area (Å²) in [5.41, 5.74) is 5.50. The van der Waals surface area contributed by atoms with Gasteiger partial charge in [0, 0.05) is 29.9 Å². The molecule has 4 aromatic rings. The first-order valence-electron chi connectivity index (χ1n) is 11.8. The van der Waals surface area contributed by atoms with Crippen LogP contribution in [0.4, 0.5) is 5.69 Å². The third kappa shape index (κ3) is 6.74. The minimum atomic E-state index is 0.869. The van der Waals surface area contributed by atoms with Gasteiger partial charge in [0.05, 0.1) is 28.8 Å². The van der Waals surface area contributed by atoms with E-state index in [0.717, 1.165) is 70.5 Å². The second-order valence-electron chi connectivity index (χ2n) is 8.41. The van der Waals surface area contributed by atoms with Gasteiger partial charge in [0.1, 0.15) is 11.8 Å². The van der Waals surface area contributed by atoms with Crippen molar-refractivity contribution in [1.82, 2.24) is 19.9 Å². The lowest BCUT2D eigenvalue weighted by Crippen LogP contribution is -2.12. The maximum absolute atomic E-state index is 5.14. The molecule has 7 heteroatoms. The van der Waals surface area contributed by atoms with Crippen LogP contribution in [0.1, 0.15) is 38.8 Å². The van der Waals surface area contributed by atoms with Crippen LogP contribution in [0, 0.1) is 5.92 Å². The molecule has 0 bridgehead atoms. The van der Waals surface area contributed by atoms with E-state index in [4.69, 9.17) is 9.72 Å². The fourth-order valence-electron chi connectivity index (χ4n) is 3.63. The molecular weight excluding hydrogens is 442 g/mol. The number of aromatic nitrogens is 4. The molecule has 1 aliphatic heterocycles. The van der Waals surface area contributed by atoms with Crippen molar-refractivity contribution in [3.8, 4) is 11.3 Å². The maximum Gasteiger partial charge on any atom is 0.116 e. The van der Waals surface area contributed by atoms with Crippen molar-refractivity contribution in [2.75, 3.05) is 17.9 Å². The van der Waals surface area contributed by atoms with Crippen LogP contribution in [-0.2, 0) is 11.2 Å². The molecule has 0 saturated carbocycles. The number of fused-ring (bicyclic) bond motifs is 1. The lowest BCUT2D eigenvalue weighted by atomic mass is 10.0. The first-order valence-corrected chi connectivity index (χ1v) is 12.7. The first-order chi connectivity index (χ1) is 16.7. The molecule has 5 rings (SSSR count). The molecule has 0 unspecified atom stereocenters. The van der Waals surface area contributed by atoms with Crippen LogP contribution in [0.5, 0.6) is 0 Å². The predicted molar refractivity (Wildman–Crippen MR) is 140 cm³/mol. The molecule has 176 valence electrons. The molecule has 0 radical (unpaired) electrons. The number of rotatable bonds is 6. The van der Waals surface area contributed by atoms with Crippen molar-refractivity contribution in [2.45, 2.75) is 44.4 Å². The van der Waals surface area contributed by atoms with Crippen molar-refractivity contribution < 1.29 is 4.74 Å². The molecule has 0 atom stereocenters. The zero-order valence-electron chi connectivity index (χ0n) is 19.8. The van der Waals surface area contributed by atoms with Gasteiger partial charge in [0.2, 0.25) is 0 Å². The third-order valence-corrected chi connectivity index (χ3v) is 6.46. The predicted octanol–water partition coefficient (Wildman–Crippen LogP) is 6.59. The second-order valence-corrected chi connectivity index (χ2v) is 9.29. The van der Waals surface area contributed by atoms with Crippen LogP contribution in [0.3, 0.4) is 0 Å². The van der Waals surface area contributed by atoms with E-state index in [1.807, 2.05) is 42.7 Å². The molecule has 3 aromatic heterocycles. The first kappa shape index (κ1) is 24.1. The highest BCUT2D eigenvalue weighted by Gasteiger charge is 2.09. The molecule has 0 aliphatic carbocycles. The summed E-state index contributed by atoms with van der Waals surface area (Å²) in [6.45, 7) is 6.39. The van der Waals surface area contributed by atoms with E-state index >= 15 is 0 Å². The molecular formula is C27H31N5OS. The topological polar surface area (TPSA) is 72.8 Å². The average Bonchev–Trinajstić information content (AvgIpc) is 2.89. The van der Waals surface area contributed by atoms with Crippen LogP contribution >= 0.6 is 11.9 Å². The van der Waals surface area contributed by atoms with E-state index in [-0.39, 0.29) is 0 Å². The third-order valence-electron chi connectivity index (χ3n) is 5.62. The van der Waals surface area contributed by atoms with Crippen molar-refractivity contribution in [1.29, 1.82) is 0 Å². The van der Waals surface area contributed by atoms with E-state index in [9.17, 15) is 0 Å². The fraction of sp³-hybridized carbons (Fsp3) is 0.333. The van der Waals surface area contributed by atoms with Crippen LogP contribution in [0.15, 0.2) is 72.1 Å². The van der Waals surface area contributed by atoms with Crippen LogP contribution < -0.4 is 4.72 Å². The van der Waals surface area contributed by atoms with E-state index in [1.165, 1.54) is 12.8 Å². The molecule has 1 aromatic carbocycles. The molecule has 0 spiro atoms.